The first-order valence-corrected chi connectivity index (χ1v) is 5.88. The summed E-state index contributed by atoms with van der Waals surface area (Å²) >= 11 is 3.31. The molecule has 0 aromatic heterocycles. The van der Waals surface area contributed by atoms with E-state index in [1.54, 1.807) is 0 Å². The first-order chi connectivity index (χ1) is 7.24. The predicted octanol–water partition coefficient (Wildman–Crippen LogP) is 3.74. The number of hydrogen-bond donors (Lipinski definition) is 0. The van der Waals surface area contributed by atoms with E-state index in [0.717, 1.165) is 18.2 Å². The molecule has 0 heterocycles. The van der Waals surface area contributed by atoms with Crippen LogP contribution in [0.25, 0.3) is 0 Å². The van der Waals surface area contributed by atoms with E-state index in [4.69, 9.17) is 0 Å². The van der Waals surface area contributed by atoms with Gasteiger partial charge in [0.05, 0.1) is 0 Å². The SMILES string of the molecule is O=C(/C=C/CCCBr)c1ccc(F)cc1. The minimum atomic E-state index is -0.324. The van der Waals surface area contributed by atoms with E-state index in [-0.39, 0.29) is 11.6 Å². The molecule has 0 unspecified atom stereocenters. The topological polar surface area (TPSA) is 17.1 Å². The summed E-state index contributed by atoms with van der Waals surface area (Å²) in [6, 6.07) is 5.57. The minimum Gasteiger partial charge on any atom is -0.289 e. The van der Waals surface area contributed by atoms with Crippen molar-refractivity contribution < 1.29 is 9.18 Å². The standard InChI is InChI=1S/C12H12BrFO/c13-9-3-1-2-4-12(15)10-5-7-11(14)8-6-10/h2,4-8H,1,3,9H2/b4-2+. The van der Waals surface area contributed by atoms with Crippen LogP contribution in [0.3, 0.4) is 0 Å². The van der Waals surface area contributed by atoms with Gasteiger partial charge in [-0.05, 0) is 43.2 Å². The molecule has 15 heavy (non-hydrogen) atoms. The van der Waals surface area contributed by atoms with Gasteiger partial charge < -0.3 is 0 Å². The highest BCUT2D eigenvalue weighted by molar-refractivity contribution is 9.09. The van der Waals surface area contributed by atoms with Crippen LogP contribution in [0.5, 0.6) is 0 Å². The molecule has 0 aliphatic heterocycles. The molecule has 0 aliphatic rings. The Hall–Kier alpha value is -0.960. The molecule has 0 spiro atoms. The van der Waals surface area contributed by atoms with Crippen molar-refractivity contribution >= 4 is 21.7 Å². The molecular weight excluding hydrogens is 259 g/mol. The molecule has 0 saturated heterocycles. The first kappa shape index (κ1) is 12.1. The lowest BCUT2D eigenvalue weighted by Crippen LogP contribution is -1.93. The Morgan fingerprint density at radius 2 is 2.00 bits per heavy atom. The first-order valence-electron chi connectivity index (χ1n) is 4.76. The zero-order valence-electron chi connectivity index (χ0n) is 8.25. The third kappa shape index (κ3) is 4.38. The average molecular weight is 271 g/mol. The smallest absolute Gasteiger partial charge is 0.185 e. The fourth-order valence-electron chi connectivity index (χ4n) is 1.10. The van der Waals surface area contributed by atoms with Gasteiger partial charge in [-0.1, -0.05) is 22.0 Å². The van der Waals surface area contributed by atoms with Gasteiger partial charge in [-0.15, -0.1) is 0 Å². The van der Waals surface area contributed by atoms with Crippen molar-refractivity contribution in [3.63, 3.8) is 0 Å². The molecule has 0 radical (unpaired) electrons. The molecular formula is C12H12BrFO. The quantitative estimate of drug-likeness (QED) is 0.345. The summed E-state index contributed by atoms with van der Waals surface area (Å²) in [7, 11) is 0. The second kappa shape index (κ2) is 6.51. The Kier molecular flexibility index (Phi) is 5.26. The lowest BCUT2D eigenvalue weighted by Gasteiger charge is -1.94. The fourth-order valence-corrected chi connectivity index (χ4v) is 1.42. The molecule has 0 N–H and O–H groups in total. The van der Waals surface area contributed by atoms with Crippen LogP contribution < -0.4 is 0 Å². The van der Waals surface area contributed by atoms with E-state index in [0.29, 0.717) is 5.56 Å². The number of hydrogen-bond acceptors (Lipinski definition) is 1. The van der Waals surface area contributed by atoms with E-state index in [9.17, 15) is 9.18 Å². The molecule has 0 saturated carbocycles. The number of carbonyl (C=O) groups excluding carboxylic acids is 1. The summed E-state index contributed by atoms with van der Waals surface area (Å²) in [5.74, 6) is -0.403. The van der Waals surface area contributed by atoms with Crippen LogP contribution in [-0.4, -0.2) is 11.1 Å². The zero-order valence-corrected chi connectivity index (χ0v) is 9.84. The van der Waals surface area contributed by atoms with Gasteiger partial charge in [-0.3, -0.25) is 4.79 Å². The van der Waals surface area contributed by atoms with Crippen LogP contribution in [0.2, 0.25) is 0 Å². The maximum Gasteiger partial charge on any atom is 0.185 e. The molecule has 3 heteroatoms. The number of alkyl halides is 1. The number of allylic oxidation sites excluding steroid dienone is 2. The number of carbonyl (C=O) groups is 1. The summed E-state index contributed by atoms with van der Waals surface area (Å²) in [4.78, 5) is 11.5. The normalized spacial score (nSPS) is 10.8. The largest absolute Gasteiger partial charge is 0.289 e. The van der Waals surface area contributed by atoms with Crippen LogP contribution >= 0.6 is 15.9 Å². The highest BCUT2D eigenvalue weighted by Crippen LogP contribution is 2.05. The zero-order chi connectivity index (χ0) is 11.1. The summed E-state index contributed by atoms with van der Waals surface area (Å²) in [5, 5.41) is 0.933. The summed E-state index contributed by atoms with van der Waals surface area (Å²) in [6.45, 7) is 0. The summed E-state index contributed by atoms with van der Waals surface area (Å²) < 4.78 is 12.6. The van der Waals surface area contributed by atoms with Gasteiger partial charge in [-0.25, -0.2) is 4.39 Å². The lowest BCUT2D eigenvalue weighted by molar-refractivity contribution is 0.104. The second-order valence-electron chi connectivity index (χ2n) is 3.10. The third-order valence-electron chi connectivity index (χ3n) is 1.90. The molecule has 80 valence electrons. The Morgan fingerprint density at radius 1 is 1.33 bits per heavy atom. The summed E-state index contributed by atoms with van der Waals surface area (Å²) in [6.07, 6.45) is 5.26. The molecule has 0 amide bonds. The van der Waals surface area contributed by atoms with Crippen molar-refractivity contribution in [2.75, 3.05) is 5.33 Å². The molecule has 1 aromatic carbocycles. The maximum atomic E-state index is 12.6. The molecule has 1 nitrogen and oxygen atoms in total. The minimum absolute atomic E-state index is 0.0791. The van der Waals surface area contributed by atoms with Gasteiger partial charge in [0.25, 0.3) is 0 Å². The van der Waals surface area contributed by atoms with Crippen molar-refractivity contribution in [1.29, 1.82) is 0 Å². The number of rotatable bonds is 5. The predicted molar refractivity (Wildman–Crippen MR) is 62.9 cm³/mol. The van der Waals surface area contributed by atoms with Crippen molar-refractivity contribution in [3.05, 3.63) is 47.8 Å². The monoisotopic (exact) mass is 270 g/mol. The van der Waals surface area contributed by atoms with Gasteiger partial charge in [0, 0.05) is 10.9 Å². The van der Waals surface area contributed by atoms with E-state index in [1.165, 1.54) is 30.3 Å². The van der Waals surface area contributed by atoms with Gasteiger partial charge >= 0.3 is 0 Å². The second-order valence-corrected chi connectivity index (χ2v) is 3.90. The Bertz CT molecular complexity index is 343. The number of unbranched alkanes of at least 4 members (excludes halogenated alkanes) is 1. The Morgan fingerprint density at radius 3 is 2.60 bits per heavy atom. The van der Waals surface area contributed by atoms with Crippen molar-refractivity contribution in [3.8, 4) is 0 Å². The third-order valence-corrected chi connectivity index (χ3v) is 2.46. The number of halogens is 2. The van der Waals surface area contributed by atoms with Gasteiger partial charge in [0.15, 0.2) is 5.78 Å². The van der Waals surface area contributed by atoms with Crippen LogP contribution in [0.15, 0.2) is 36.4 Å². The van der Waals surface area contributed by atoms with Gasteiger partial charge in [0.1, 0.15) is 5.82 Å². The molecule has 0 aliphatic carbocycles. The molecule has 1 rings (SSSR count). The van der Waals surface area contributed by atoms with E-state index in [2.05, 4.69) is 15.9 Å². The van der Waals surface area contributed by atoms with Gasteiger partial charge in [-0.2, -0.15) is 0 Å². The number of benzene rings is 1. The van der Waals surface area contributed by atoms with Gasteiger partial charge in [0.2, 0.25) is 0 Å². The van der Waals surface area contributed by atoms with Crippen LogP contribution in [0.4, 0.5) is 4.39 Å². The van der Waals surface area contributed by atoms with Crippen molar-refractivity contribution in [2.24, 2.45) is 0 Å². The Balaban J connectivity index is 2.53. The average Bonchev–Trinajstić information content (AvgIpc) is 2.25. The Labute approximate surface area is 97.1 Å². The molecule has 0 atom stereocenters. The van der Waals surface area contributed by atoms with Crippen molar-refractivity contribution in [1.82, 2.24) is 0 Å². The fraction of sp³-hybridized carbons (Fsp3) is 0.250. The van der Waals surface area contributed by atoms with E-state index in [1.807, 2.05) is 6.08 Å². The van der Waals surface area contributed by atoms with Crippen molar-refractivity contribution in [2.45, 2.75) is 12.8 Å². The molecule has 0 bridgehead atoms. The van der Waals surface area contributed by atoms with Crippen LogP contribution in [0, 0.1) is 5.82 Å². The van der Waals surface area contributed by atoms with E-state index < -0.39 is 0 Å². The number of ketones is 1. The maximum absolute atomic E-state index is 12.6. The molecule has 1 aromatic rings. The molecule has 0 fully saturated rings. The van der Waals surface area contributed by atoms with Crippen LogP contribution in [-0.2, 0) is 0 Å². The van der Waals surface area contributed by atoms with E-state index >= 15 is 0 Å². The summed E-state index contributed by atoms with van der Waals surface area (Å²) in [5.41, 5.74) is 0.520. The highest BCUT2D eigenvalue weighted by atomic mass is 79.9. The lowest BCUT2D eigenvalue weighted by atomic mass is 10.1. The highest BCUT2D eigenvalue weighted by Gasteiger charge is 2.00. The van der Waals surface area contributed by atoms with Crippen LogP contribution in [0.1, 0.15) is 23.2 Å².